The SMILES string of the molecule is CCOC(OCC)C(=O)OCC(=O)[C@]1(O)Cc2c(O)c3c(c(O)c2[C@@H](OC2CC(N)C(O)C(C)O2)C1)C(=O)c1c(OC)cccc1C3=O.Cl. The quantitative estimate of drug-likeness (QED) is 0.108. The third-order valence-electron chi connectivity index (χ3n) is 8.84. The average molecular weight is 710 g/mol. The summed E-state index contributed by atoms with van der Waals surface area (Å²) in [6.45, 7) is 4.12. The molecule has 3 aliphatic rings. The number of methoxy groups -OCH3 is 1. The minimum absolute atomic E-state index is 0. The van der Waals surface area contributed by atoms with Crippen molar-refractivity contribution in [3.05, 3.63) is 51.6 Å². The van der Waals surface area contributed by atoms with Gasteiger partial charge in [0.25, 0.3) is 6.29 Å². The van der Waals surface area contributed by atoms with Crippen LogP contribution >= 0.6 is 12.4 Å². The predicted octanol–water partition coefficient (Wildman–Crippen LogP) is 1.37. The van der Waals surface area contributed by atoms with Crippen molar-refractivity contribution in [1.82, 2.24) is 0 Å². The number of hydrogen-bond donors (Lipinski definition) is 5. The molecule has 0 spiro atoms. The highest BCUT2D eigenvalue weighted by Crippen LogP contribution is 2.52. The first kappa shape index (κ1) is 38.1. The van der Waals surface area contributed by atoms with Gasteiger partial charge in [0.05, 0.1) is 42.1 Å². The van der Waals surface area contributed by atoms with Gasteiger partial charge in [-0.3, -0.25) is 14.4 Å². The van der Waals surface area contributed by atoms with Crippen LogP contribution in [0.5, 0.6) is 17.2 Å². The Kier molecular flexibility index (Phi) is 11.7. The summed E-state index contributed by atoms with van der Waals surface area (Å²) in [7, 11) is 1.31. The molecule has 49 heavy (non-hydrogen) atoms. The number of ether oxygens (including phenoxy) is 6. The standard InChI is InChI=1S/C33H39NO14.ClH/c1-5-44-32(45-6-2)31(41)46-13-20(35)33(42)11-16-23(19(12-33)48-21-10-17(34)26(36)14(3)47-21)30(40)25-24(28(16)38)27(37)15-8-7-9-18(43-4)22(15)29(25)39;/h7-9,14,17,19,21,26,32,36,38,40,42H,5-6,10-13,34H2,1-4H3;1H/t14?,17?,19-,21?,26?,33-;/m0./s1. The molecular formula is C33H40ClNO14. The molecule has 1 heterocycles. The molecular weight excluding hydrogens is 670 g/mol. The lowest BCUT2D eigenvalue weighted by Crippen LogP contribution is -2.53. The predicted molar refractivity (Wildman–Crippen MR) is 170 cm³/mol. The van der Waals surface area contributed by atoms with Crippen LogP contribution in [0.15, 0.2) is 18.2 Å². The molecule has 268 valence electrons. The van der Waals surface area contributed by atoms with E-state index in [1.165, 1.54) is 25.3 Å². The Bertz CT molecular complexity index is 1610. The molecule has 0 saturated carbocycles. The number of Topliss-reactive ketones (excluding diaryl/α,β-unsaturated/α-hetero) is 1. The zero-order valence-corrected chi connectivity index (χ0v) is 28.1. The molecule has 6 atom stereocenters. The molecule has 6 N–H and O–H groups in total. The lowest BCUT2D eigenvalue weighted by molar-refractivity contribution is -0.247. The number of rotatable bonds is 11. The first-order chi connectivity index (χ1) is 22.8. The first-order valence-electron chi connectivity index (χ1n) is 15.5. The smallest absolute Gasteiger partial charge is 0.363 e. The summed E-state index contributed by atoms with van der Waals surface area (Å²) in [5, 5.41) is 45.4. The zero-order chi connectivity index (χ0) is 35.1. The Morgan fingerprint density at radius 1 is 1.06 bits per heavy atom. The van der Waals surface area contributed by atoms with Crippen LogP contribution in [-0.4, -0.2) is 107 Å². The minimum Gasteiger partial charge on any atom is -0.507 e. The van der Waals surface area contributed by atoms with Crippen LogP contribution in [0.1, 0.15) is 82.7 Å². The second-order valence-corrected chi connectivity index (χ2v) is 11.9. The Labute approximate surface area is 287 Å². The zero-order valence-electron chi connectivity index (χ0n) is 27.3. The summed E-state index contributed by atoms with van der Waals surface area (Å²) < 4.78 is 32.7. The number of aromatic hydroxyl groups is 2. The van der Waals surface area contributed by atoms with Gasteiger partial charge in [-0.25, -0.2) is 4.79 Å². The van der Waals surface area contributed by atoms with Gasteiger partial charge in [0.2, 0.25) is 11.6 Å². The van der Waals surface area contributed by atoms with E-state index >= 15 is 0 Å². The van der Waals surface area contributed by atoms with Gasteiger partial charge in [-0.05, 0) is 26.8 Å². The van der Waals surface area contributed by atoms with Crippen molar-refractivity contribution in [2.75, 3.05) is 26.9 Å². The molecule has 5 rings (SSSR count). The maximum absolute atomic E-state index is 13.9. The van der Waals surface area contributed by atoms with Crippen LogP contribution < -0.4 is 10.5 Å². The summed E-state index contributed by atoms with van der Waals surface area (Å²) in [5.74, 6) is -5.00. The van der Waals surface area contributed by atoms with Gasteiger partial charge < -0.3 is 54.6 Å². The largest absolute Gasteiger partial charge is 0.507 e. The highest BCUT2D eigenvalue weighted by atomic mass is 35.5. The highest BCUT2D eigenvalue weighted by molar-refractivity contribution is 6.31. The van der Waals surface area contributed by atoms with Crippen molar-refractivity contribution in [3.8, 4) is 17.2 Å². The number of phenolic OH excluding ortho intramolecular Hbond substituents is 2. The van der Waals surface area contributed by atoms with Crippen molar-refractivity contribution in [2.24, 2.45) is 5.73 Å². The average Bonchev–Trinajstić information content (AvgIpc) is 3.05. The fourth-order valence-corrected chi connectivity index (χ4v) is 6.43. The topological polar surface area (TPSA) is 231 Å². The van der Waals surface area contributed by atoms with Crippen LogP contribution in [0, 0.1) is 0 Å². The number of carbonyl (C=O) groups is 4. The summed E-state index contributed by atoms with van der Waals surface area (Å²) in [6.07, 6.45) is -7.01. The number of phenols is 2. The van der Waals surface area contributed by atoms with Gasteiger partial charge >= 0.3 is 5.97 Å². The number of carbonyl (C=O) groups excluding carboxylic acids is 4. The number of aliphatic hydroxyl groups is 2. The van der Waals surface area contributed by atoms with Crippen LogP contribution in [0.4, 0.5) is 0 Å². The second kappa shape index (κ2) is 15.1. The van der Waals surface area contributed by atoms with E-state index in [2.05, 4.69) is 0 Å². The summed E-state index contributed by atoms with van der Waals surface area (Å²) in [4.78, 5) is 53.7. The van der Waals surface area contributed by atoms with E-state index in [0.29, 0.717) is 0 Å². The van der Waals surface area contributed by atoms with Crippen LogP contribution in [0.2, 0.25) is 0 Å². The number of benzene rings is 2. The number of ketones is 3. The van der Waals surface area contributed by atoms with Gasteiger partial charge in [-0.15, -0.1) is 12.4 Å². The van der Waals surface area contributed by atoms with Crippen molar-refractivity contribution in [2.45, 2.75) is 82.6 Å². The Hall–Kier alpha value is -3.67. The molecule has 1 fully saturated rings. The number of nitrogens with two attached hydrogens (primary N) is 1. The van der Waals surface area contributed by atoms with Gasteiger partial charge in [-0.1, -0.05) is 12.1 Å². The molecule has 1 aliphatic heterocycles. The number of esters is 1. The molecule has 15 nitrogen and oxygen atoms in total. The minimum atomic E-state index is -2.38. The maximum Gasteiger partial charge on any atom is 0.363 e. The third kappa shape index (κ3) is 6.90. The summed E-state index contributed by atoms with van der Waals surface area (Å²) in [5.41, 5.74) is 2.06. The van der Waals surface area contributed by atoms with Gasteiger partial charge in [0.15, 0.2) is 18.7 Å². The maximum atomic E-state index is 13.9. The van der Waals surface area contributed by atoms with Crippen molar-refractivity contribution in [3.63, 3.8) is 0 Å². The highest BCUT2D eigenvalue weighted by Gasteiger charge is 2.50. The molecule has 4 unspecified atom stereocenters. The molecule has 2 aromatic rings. The number of aliphatic hydroxyl groups excluding tert-OH is 1. The molecule has 2 aliphatic carbocycles. The van der Waals surface area contributed by atoms with E-state index < -0.39 is 108 Å². The first-order valence-corrected chi connectivity index (χ1v) is 15.5. The Morgan fingerprint density at radius 2 is 1.71 bits per heavy atom. The summed E-state index contributed by atoms with van der Waals surface area (Å²) in [6, 6.07) is 3.55. The van der Waals surface area contributed by atoms with Crippen LogP contribution in [0.25, 0.3) is 0 Å². The molecule has 16 heteroatoms. The van der Waals surface area contributed by atoms with Crippen LogP contribution in [0.3, 0.4) is 0 Å². The Balaban J connectivity index is 0.00000541. The number of fused-ring (bicyclic) bond motifs is 3. The van der Waals surface area contributed by atoms with Gasteiger partial charge in [0, 0.05) is 55.2 Å². The third-order valence-corrected chi connectivity index (χ3v) is 8.84. The monoisotopic (exact) mass is 709 g/mol. The fourth-order valence-electron chi connectivity index (χ4n) is 6.43. The van der Waals surface area contributed by atoms with E-state index in [1.807, 2.05) is 0 Å². The Morgan fingerprint density at radius 3 is 2.33 bits per heavy atom. The molecule has 0 amide bonds. The van der Waals surface area contributed by atoms with Crippen molar-refractivity contribution >= 4 is 35.7 Å². The molecule has 0 aromatic heterocycles. The molecule has 0 radical (unpaired) electrons. The van der Waals surface area contributed by atoms with E-state index in [-0.39, 0.29) is 60.0 Å². The van der Waals surface area contributed by atoms with Gasteiger partial charge in [-0.2, -0.15) is 0 Å². The van der Waals surface area contributed by atoms with E-state index in [9.17, 15) is 39.6 Å². The number of halogens is 1. The van der Waals surface area contributed by atoms with Gasteiger partial charge in [0.1, 0.15) is 22.8 Å². The van der Waals surface area contributed by atoms with E-state index in [1.54, 1.807) is 20.8 Å². The number of hydrogen-bond acceptors (Lipinski definition) is 15. The molecule has 2 aromatic carbocycles. The van der Waals surface area contributed by atoms with Crippen molar-refractivity contribution < 1.29 is 68.0 Å². The summed E-state index contributed by atoms with van der Waals surface area (Å²) >= 11 is 0. The van der Waals surface area contributed by atoms with E-state index in [4.69, 9.17) is 34.2 Å². The lowest BCUT2D eigenvalue weighted by atomic mass is 9.72. The normalized spacial score (nSPS) is 25.9. The lowest BCUT2D eigenvalue weighted by Gasteiger charge is -2.42. The fraction of sp³-hybridized carbons (Fsp3) is 0.515. The van der Waals surface area contributed by atoms with E-state index in [0.717, 1.165) is 0 Å². The second-order valence-electron chi connectivity index (χ2n) is 11.9. The van der Waals surface area contributed by atoms with Crippen molar-refractivity contribution in [1.29, 1.82) is 0 Å². The molecule has 0 bridgehead atoms. The molecule has 1 saturated heterocycles. The van der Waals surface area contributed by atoms with Crippen LogP contribution in [-0.2, 0) is 39.7 Å².